The minimum Gasteiger partial charge on any atom is -0.389 e. The molecule has 1 aromatic rings. The highest BCUT2D eigenvalue weighted by Gasteiger charge is 2.38. The number of hydrogen-bond donors (Lipinski definition) is 3. The monoisotopic (exact) mass is 283 g/mol. The number of aryl methyl sites for hydroxylation is 1. The van der Waals surface area contributed by atoms with Gasteiger partial charge in [-0.3, -0.25) is 4.90 Å². The summed E-state index contributed by atoms with van der Waals surface area (Å²) in [5, 5.41) is 29.1. The molecule has 0 spiro atoms. The van der Waals surface area contributed by atoms with E-state index in [1.54, 1.807) is 12.1 Å². The summed E-state index contributed by atoms with van der Waals surface area (Å²) in [6.07, 6.45) is -1.24. The molecule has 0 aromatic heterocycles. The fraction of sp³-hybridized carbons (Fsp3) is 0.600. The zero-order valence-corrected chi connectivity index (χ0v) is 11.6. The first-order chi connectivity index (χ1) is 9.49. The molecule has 1 saturated heterocycles. The number of halogens is 1. The largest absolute Gasteiger partial charge is 0.389 e. The number of nitrogens with zero attached hydrogens (tertiary/aromatic N) is 1. The molecule has 1 fully saturated rings. The Morgan fingerprint density at radius 1 is 1.15 bits per heavy atom. The molecule has 2 rings (SSSR count). The molecule has 5 heteroatoms. The lowest BCUT2D eigenvalue weighted by molar-refractivity contribution is -0.133. The normalized spacial score (nSPS) is 31.4. The number of hydrogen-bond acceptors (Lipinski definition) is 4. The molecule has 112 valence electrons. The van der Waals surface area contributed by atoms with Crippen LogP contribution in [0.25, 0.3) is 0 Å². The van der Waals surface area contributed by atoms with Gasteiger partial charge in [-0.05, 0) is 44.0 Å². The Morgan fingerprint density at radius 2 is 1.80 bits per heavy atom. The molecule has 1 aliphatic heterocycles. The molecule has 0 radical (unpaired) electrons. The Kier molecular flexibility index (Phi) is 5.10. The number of aliphatic hydroxyl groups is 3. The highest BCUT2D eigenvalue weighted by Crippen LogP contribution is 2.19. The minimum absolute atomic E-state index is 0.179. The summed E-state index contributed by atoms with van der Waals surface area (Å²) < 4.78 is 12.8. The third-order valence-corrected chi connectivity index (χ3v) is 4.06. The van der Waals surface area contributed by atoms with Gasteiger partial charge in [0, 0.05) is 12.6 Å². The molecule has 0 bridgehead atoms. The molecule has 0 amide bonds. The van der Waals surface area contributed by atoms with Crippen molar-refractivity contribution < 1.29 is 19.7 Å². The molecule has 4 nitrogen and oxygen atoms in total. The molecule has 0 saturated carbocycles. The molecule has 0 aliphatic carbocycles. The van der Waals surface area contributed by atoms with Gasteiger partial charge in [0.15, 0.2) is 0 Å². The first-order valence-corrected chi connectivity index (χ1v) is 7.01. The number of likely N-dealkylation sites (tertiary alicyclic amines) is 1. The maximum Gasteiger partial charge on any atom is 0.123 e. The van der Waals surface area contributed by atoms with Crippen molar-refractivity contribution in [3.63, 3.8) is 0 Å². The topological polar surface area (TPSA) is 63.9 Å². The van der Waals surface area contributed by atoms with E-state index in [2.05, 4.69) is 0 Å². The maximum atomic E-state index is 12.8. The number of piperidine rings is 1. The van der Waals surface area contributed by atoms with Crippen LogP contribution in [0.15, 0.2) is 24.3 Å². The second-order valence-electron chi connectivity index (χ2n) is 5.51. The standard InChI is InChI=1S/C15H22FNO3/c1-10-14(19)15(20)13(18)9-17(10)8-2-3-11-4-6-12(16)7-5-11/h4-7,10,13-15,18-20H,2-3,8-9H2,1H3/t10-,13+,14-,15-/m1/s1. The summed E-state index contributed by atoms with van der Waals surface area (Å²) in [4.78, 5) is 1.98. The summed E-state index contributed by atoms with van der Waals surface area (Å²) in [7, 11) is 0. The Balaban J connectivity index is 1.83. The smallest absolute Gasteiger partial charge is 0.123 e. The van der Waals surface area contributed by atoms with Crippen LogP contribution in [0.1, 0.15) is 18.9 Å². The lowest BCUT2D eigenvalue weighted by atomic mass is 9.94. The molecular weight excluding hydrogens is 261 g/mol. The van der Waals surface area contributed by atoms with Crippen molar-refractivity contribution in [2.24, 2.45) is 0 Å². The second-order valence-corrected chi connectivity index (χ2v) is 5.51. The average molecular weight is 283 g/mol. The van der Waals surface area contributed by atoms with Crippen LogP contribution in [0.2, 0.25) is 0 Å². The number of rotatable bonds is 4. The van der Waals surface area contributed by atoms with E-state index >= 15 is 0 Å². The quantitative estimate of drug-likeness (QED) is 0.755. The fourth-order valence-electron chi connectivity index (χ4n) is 2.68. The van der Waals surface area contributed by atoms with E-state index in [1.165, 1.54) is 12.1 Å². The minimum atomic E-state index is -1.07. The first kappa shape index (κ1) is 15.4. The van der Waals surface area contributed by atoms with Crippen molar-refractivity contribution in [3.8, 4) is 0 Å². The molecule has 3 N–H and O–H groups in total. The molecule has 0 unspecified atom stereocenters. The number of benzene rings is 1. The van der Waals surface area contributed by atoms with Gasteiger partial charge in [0.25, 0.3) is 0 Å². The fourth-order valence-corrected chi connectivity index (χ4v) is 2.68. The van der Waals surface area contributed by atoms with Crippen molar-refractivity contribution in [2.45, 2.75) is 44.1 Å². The van der Waals surface area contributed by atoms with Crippen molar-refractivity contribution in [1.29, 1.82) is 0 Å². The summed E-state index contributed by atoms with van der Waals surface area (Å²) in [5.41, 5.74) is 1.07. The third kappa shape index (κ3) is 3.55. The Hall–Kier alpha value is -1.01. The van der Waals surface area contributed by atoms with Gasteiger partial charge in [-0.15, -0.1) is 0 Å². The SMILES string of the molecule is C[C@@H]1[C@@H](O)[C@H](O)[C@@H](O)CN1CCCc1ccc(F)cc1. The van der Waals surface area contributed by atoms with Crippen molar-refractivity contribution in [1.82, 2.24) is 4.90 Å². The van der Waals surface area contributed by atoms with Crippen LogP contribution in [-0.2, 0) is 6.42 Å². The van der Waals surface area contributed by atoms with Crippen LogP contribution in [0, 0.1) is 5.82 Å². The van der Waals surface area contributed by atoms with Gasteiger partial charge in [0.05, 0.1) is 12.2 Å². The third-order valence-electron chi connectivity index (χ3n) is 4.06. The number of β-amino-alcohol motifs (C(OH)–C–C–N with tert-alkyl or cyclic N) is 1. The van der Waals surface area contributed by atoms with Gasteiger partial charge in [-0.25, -0.2) is 4.39 Å². The highest BCUT2D eigenvalue weighted by molar-refractivity contribution is 5.16. The molecule has 1 heterocycles. The lowest BCUT2D eigenvalue weighted by Crippen LogP contribution is -2.60. The van der Waals surface area contributed by atoms with Gasteiger partial charge in [0.2, 0.25) is 0 Å². The van der Waals surface area contributed by atoms with E-state index < -0.39 is 18.3 Å². The van der Waals surface area contributed by atoms with E-state index in [1.807, 2.05) is 11.8 Å². The van der Waals surface area contributed by atoms with Gasteiger partial charge in [-0.1, -0.05) is 12.1 Å². The van der Waals surface area contributed by atoms with Crippen LogP contribution in [-0.4, -0.2) is 57.7 Å². The zero-order valence-electron chi connectivity index (χ0n) is 11.6. The Labute approximate surface area is 118 Å². The van der Waals surface area contributed by atoms with Gasteiger partial charge >= 0.3 is 0 Å². The van der Waals surface area contributed by atoms with Gasteiger partial charge in [0.1, 0.15) is 11.9 Å². The Bertz CT molecular complexity index is 426. The highest BCUT2D eigenvalue weighted by atomic mass is 19.1. The van der Waals surface area contributed by atoms with Crippen LogP contribution in [0.5, 0.6) is 0 Å². The van der Waals surface area contributed by atoms with Crippen molar-refractivity contribution >= 4 is 0 Å². The van der Waals surface area contributed by atoms with Gasteiger partial charge < -0.3 is 15.3 Å². The summed E-state index contributed by atoms with van der Waals surface area (Å²) in [6.45, 7) is 2.93. The molecular formula is C15H22FNO3. The van der Waals surface area contributed by atoms with E-state index in [9.17, 15) is 19.7 Å². The summed E-state index contributed by atoms with van der Waals surface area (Å²) in [5.74, 6) is -0.237. The van der Waals surface area contributed by atoms with Gasteiger partial charge in [-0.2, -0.15) is 0 Å². The first-order valence-electron chi connectivity index (χ1n) is 7.01. The predicted octanol–water partition coefficient (Wildman–Crippen LogP) is 0.545. The number of aliphatic hydroxyl groups excluding tert-OH is 3. The van der Waals surface area contributed by atoms with Crippen LogP contribution >= 0.6 is 0 Å². The summed E-state index contributed by atoms with van der Waals surface area (Å²) in [6, 6.07) is 6.25. The van der Waals surface area contributed by atoms with Crippen molar-refractivity contribution in [3.05, 3.63) is 35.6 Å². The Morgan fingerprint density at radius 3 is 2.45 bits per heavy atom. The van der Waals surface area contributed by atoms with E-state index in [0.717, 1.165) is 24.9 Å². The zero-order chi connectivity index (χ0) is 14.7. The van der Waals surface area contributed by atoms with E-state index in [0.29, 0.717) is 6.54 Å². The van der Waals surface area contributed by atoms with Crippen LogP contribution in [0.4, 0.5) is 4.39 Å². The second kappa shape index (κ2) is 6.63. The van der Waals surface area contributed by atoms with Crippen LogP contribution < -0.4 is 0 Å². The average Bonchev–Trinajstić information content (AvgIpc) is 2.44. The summed E-state index contributed by atoms with van der Waals surface area (Å²) >= 11 is 0. The molecule has 1 aromatic carbocycles. The van der Waals surface area contributed by atoms with E-state index in [-0.39, 0.29) is 11.9 Å². The predicted molar refractivity (Wildman–Crippen MR) is 73.8 cm³/mol. The lowest BCUT2D eigenvalue weighted by Gasteiger charge is -2.42. The molecule has 4 atom stereocenters. The molecule has 1 aliphatic rings. The maximum absolute atomic E-state index is 12.8. The van der Waals surface area contributed by atoms with E-state index in [4.69, 9.17) is 0 Å². The van der Waals surface area contributed by atoms with Crippen molar-refractivity contribution in [2.75, 3.05) is 13.1 Å². The van der Waals surface area contributed by atoms with Crippen LogP contribution in [0.3, 0.4) is 0 Å². The molecule has 20 heavy (non-hydrogen) atoms.